The van der Waals surface area contributed by atoms with Crippen molar-refractivity contribution in [1.29, 1.82) is 0 Å². The molecule has 0 saturated carbocycles. The first-order chi connectivity index (χ1) is 10.3. The molecule has 0 amide bonds. The lowest BCUT2D eigenvalue weighted by atomic mass is 10.2. The zero-order chi connectivity index (χ0) is 15.9. The molecule has 1 aliphatic heterocycles. The fourth-order valence-corrected chi connectivity index (χ4v) is 3.66. The standard InChI is InChI=1S/C13H17BrN4O3S/c1-9-7-21-4-3-17(9)12-5-10(8-22(2,19)20)18-13(16-12)11(14)6-15-18/h5-6,9H,3-4,7-8H2,1-2H3/t9-/m1/s1. The maximum Gasteiger partial charge on any atom is 0.171 e. The average molecular weight is 389 g/mol. The van der Waals surface area contributed by atoms with Crippen LogP contribution in [0.4, 0.5) is 5.82 Å². The van der Waals surface area contributed by atoms with Gasteiger partial charge in [0.15, 0.2) is 15.5 Å². The van der Waals surface area contributed by atoms with Crippen LogP contribution in [0.2, 0.25) is 0 Å². The molecule has 0 aromatic carbocycles. The summed E-state index contributed by atoms with van der Waals surface area (Å²) in [7, 11) is -3.17. The second-order valence-corrected chi connectivity index (χ2v) is 8.52. The summed E-state index contributed by atoms with van der Waals surface area (Å²) >= 11 is 3.42. The Hall–Kier alpha value is -1.19. The zero-order valence-electron chi connectivity index (χ0n) is 12.4. The molecule has 0 radical (unpaired) electrons. The fourth-order valence-electron chi connectivity index (χ4n) is 2.57. The predicted octanol–water partition coefficient (Wildman–Crippen LogP) is 1.26. The van der Waals surface area contributed by atoms with Gasteiger partial charge in [0.25, 0.3) is 0 Å². The van der Waals surface area contributed by atoms with Crippen LogP contribution >= 0.6 is 15.9 Å². The van der Waals surface area contributed by atoms with Crippen molar-refractivity contribution in [2.24, 2.45) is 0 Å². The molecule has 0 spiro atoms. The summed E-state index contributed by atoms with van der Waals surface area (Å²) in [5, 5.41) is 4.21. The summed E-state index contributed by atoms with van der Waals surface area (Å²) in [6.07, 6.45) is 2.84. The molecule has 1 atom stereocenters. The number of rotatable bonds is 3. The lowest BCUT2D eigenvalue weighted by Crippen LogP contribution is -2.44. The van der Waals surface area contributed by atoms with Crippen LogP contribution < -0.4 is 4.90 Å². The third kappa shape index (κ3) is 3.11. The maximum absolute atomic E-state index is 11.7. The van der Waals surface area contributed by atoms with E-state index >= 15 is 0 Å². The molecule has 3 heterocycles. The van der Waals surface area contributed by atoms with E-state index in [-0.39, 0.29) is 11.8 Å². The Morgan fingerprint density at radius 3 is 2.95 bits per heavy atom. The molecule has 3 rings (SSSR count). The van der Waals surface area contributed by atoms with E-state index in [9.17, 15) is 8.42 Å². The minimum Gasteiger partial charge on any atom is -0.377 e. The first-order valence-electron chi connectivity index (χ1n) is 6.90. The van der Waals surface area contributed by atoms with Crippen LogP contribution in [0.5, 0.6) is 0 Å². The third-order valence-corrected chi connectivity index (χ3v) is 4.94. The Morgan fingerprint density at radius 2 is 2.27 bits per heavy atom. The average Bonchev–Trinajstić information content (AvgIpc) is 2.80. The van der Waals surface area contributed by atoms with Crippen molar-refractivity contribution < 1.29 is 13.2 Å². The van der Waals surface area contributed by atoms with Gasteiger partial charge in [0.05, 0.1) is 41.4 Å². The lowest BCUT2D eigenvalue weighted by molar-refractivity contribution is 0.0985. The van der Waals surface area contributed by atoms with Crippen LogP contribution in [0.15, 0.2) is 16.7 Å². The van der Waals surface area contributed by atoms with E-state index in [0.717, 1.165) is 16.8 Å². The van der Waals surface area contributed by atoms with Gasteiger partial charge in [-0.3, -0.25) is 0 Å². The monoisotopic (exact) mass is 388 g/mol. The van der Waals surface area contributed by atoms with Crippen molar-refractivity contribution in [2.45, 2.75) is 18.7 Å². The van der Waals surface area contributed by atoms with Crippen LogP contribution in [-0.2, 0) is 20.3 Å². The van der Waals surface area contributed by atoms with E-state index in [1.165, 1.54) is 6.26 Å². The SMILES string of the molecule is C[C@@H]1COCCN1c1cc(CS(C)(=O)=O)n2ncc(Br)c2n1. The number of aromatic nitrogens is 3. The van der Waals surface area contributed by atoms with E-state index in [1.807, 2.05) is 0 Å². The molecule has 2 aromatic rings. The molecule has 7 nitrogen and oxygen atoms in total. The van der Waals surface area contributed by atoms with E-state index in [2.05, 4.69) is 37.8 Å². The van der Waals surface area contributed by atoms with Crippen molar-refractivity contribution in [3.63, 3.8) is 0 Å². The molecule has 1 fully saturated rings. The number of halogens is 1. The van der Waals surface area contributed by atoms with Crippen LogP contribution in [-0.4, -0.2) is 55.1 Å². The summed E-state index contributed by atoms with van der Waals surface area (Å²) < 4.78 is 31.2. The molecule has 1 saturated heterocycles. The molecule has 1 aliphatic rings. The molecule has 0 N–H and O–H groups in total. The Morgan fingerprint density at radius 1 is 1.50 bits per heavy atom. The molecule has 120 valence electrons. The van der Waals surface area contributed by atoms with Crippen molar-refractivity contribution in [3.05, 3.63) is 22.4 Å². The minimum absolute atomic E-state index is 0.0775. The van der Waals surface area contributed by atoms with Crippen LogP contribution in [0.3, 0.4) is 0 Å². The summed E-state index contributed by atoms with van der Waals surface area (Å²) in [5.41, 5.74) is 1.22. The highest BCUT2D eigenvalue weighted by molar-refractivity contribution is 9.10. The Labute approximate surface area is 137 Å². The smallest absolute Gasteiger partial charge is 0.171 e. The summed E-state index contributed by atoms with van der Waals surface area (Å²) in [5.74, 6) is 0.675. The van der Waals surface area contributed by atoms with Gasteiger partial charge < -0.3 is 9.64 Å². The van der Waals surface area contributed by atoms with Gasteiger partial charge >= 0.3 is 0 Å². The summed E-state index contributed by atoms with van der Waals surface area (Å²) in [6.45, 7) is 4.06. The van der Waals surface area contributed by atoms with Gasteiger partial charge in [-0.1, -0.05) is 0 Å². The highest BCUT2D eigenvalue weighted by atomic mass is 79.9. The Bertz CT molecular complexity index is 805. The van der Waals surface area contributed by atoms with Crippen LogP contribution in [0, 0.1) is 0 Å². The molecular formula is C13H17BrN4O3S. The molecule has 2 aromatic heterocycles. The normalized spacial score (nSPS) is 19.8. The van der Waals surface area contributed by atoms with E-state index in [1.54, 1.807) is 16.8 Å². The quantitative estimate of drug-likeness (QED) is 0.787. The van der Waals surface area contributed by atoms with E-state index in [0.29, 0.717) is 24.6 Å². The van der Waals surface area contributed by atoms with Gasteiger partial charge in [-0.15, -0.1) is 0 Å². The topological polar surface area (TPSA) is 76.8 Å². The van der Waals surface area contributed by atoms with Crippen molar-refractivity contribution in [1.82, 2.24) is 14.6 Å². The number of hydrogen-bond acceptors (Lipinski definition) is 6. The first kappa shape index (κ1) is 15.7. The number of nitrogens with zero attached hydrogens (tertiary/aromatic N) is 4. The molecule has 0 aliphatic carbocycles. The Balaban J connectivity index is 2.12. The first-order valence-corrected chi connectivity index (χ1v) is 9.76. The van der Waals surface area contributed by atoms with Gasteiger partial charge in [0.2, 0.25) is 0 Å². The molecule has 0 bridgehead atoms. The van der Waals surface area contributed by atoms with E-state index in [4.69, 9.17) is 4.74 Å². The Kier molecular flexibility index (Phi) is 4.13. The van der Waals surface area contributed by atoms with E-state index < -0.39 is 9.84 Å². The van der Waals surface area contributed by atoms with Crippen LogP contribution in [0.1, 0.15) is 12.6 Å². The number of fused-ring (bicyclic) bond motifs is 1. The number of ether oxygens (including phenoxy) is 1. The molecular weight excluding hydrogens is 372 g/mol. The minimum atomic E-state index is -3.17. The predicted molar refractivity (Wildman–Crippen MR) is 86.9 cm³/mol. The highest BCUT2D eigenvalue weighted by Gasteiger charge is 2.23. The highest BCUT2D eigenvalue weighted by Crippen LogP contribution is 2.24. The van der Waals surface area contributed by atoms with Crippen LogP contribution in [0.25, 0.3) is 5.65 Å². The third-order valence-electron chi connectivity index (χ3n) is 3.56. The van der Waals surface area contributed by atoms with Gasteiger partial charge in [0.1, 0.15) is 5.82 Å². The number of sulfone groups is 1. The summed E-state index contributed by atoms with van der Waals surface area (Å²) in [4.78, 5) is 6.76. The largest absolute Gasteiger partial charge is 0.377 e. The van der Waals surface area contributed by atoms with Gasteiger partial charge in [0, 0.05) is 18.9 Å². The van der Waals surface area contributed by atoms with Crippen molar-refractivity contribution >= 4 is 37.2 Å². The number of anilines is 1. The fraction of sp³-hybridized carbons (Fsp3) is 0.538. The van der Waals surface area contributed by atoms with Crippen molar-refractivity contribution in [3.8, 4) is 0 Å². The second kappa shape index (κ2) is 5.78. The molecule has 22 heavy (non-hydrogen) atoms. The van der Waals surface area contributed by atoms with Gasteiger partial charge in [-0.2, -0.15) is 5.10 Å². The van der Waals surface area contributed by atoms with Crippen molar-refractivity contribution in [2.75, 3.05) is 30.9 Å². The zero-order valence-corrected chi connectivity index (χ0v) is 14.8. The maximum atomic E-state index is 11.7. The van der Waals surface area contributed by atoms with Gasteiger partial charge in [-0.05, 0) is 22.9 Å². The molecule has 0 unspecified atom stereocenters. The number of hydrogen-bond donors (Lipinski definition) is 0. The number of morpholine rings is 1. The lowest BCUT2D eigenvalue weighted by Gasteiger charge is -2.34. The van der Waals surface area contributed by atoms with Gasteiger partial charge in [-0.25, -0.2) is 17.9 Å². The summed E-state index contributed by atoms with van der Waals surface area (Å²) in [6, 6.07) is 1.99. The molecule has 9 heteroatoms. The second-order valence-electron chi connectivity index (χ2n) is 5.52.